The van der Waals surface area contributed by atoms with Crippen LogP contribution in [0.25, 0.3) is 23.5 Å². The van der Waals surface area contributed by atoms with Gasteiger partial charge in [0.15, 0.2) is 13.1 Å². The summed E-state index contributed by atoms with van der Waals surface area (Å²) in [5, 5.41) is 25.1. The number of carbonyl (C=O) groups is 2. The molecule has 0 N–H and O–H groups in total. The highest BCUT2D eigenvalue weighted by atomic mass is 32.2. The Morgan fingerprint density at radius 1 is 0.672 bits per heavy atom. The Labute approximate surface area is 385 Å². The molecular weight excluding hydrogens is 929 g/mol. The molecule has 0 saturated heterocycles. The number of nitrogens with zero attached hydrogens (tertiary/aromatic N) is 10. The molecule has 2 saturated carbocycles. The highest BCUT2D eigenvalue weighted by Crippen LogP contribution is 2.53. The third kappa shape index (κ3) is 9.91. The van der Waals surface area contributed by atoms with E-state index >= 15 is 0 Å². The van der Waals surface area contributed by atoms with E-state index in [1.807, 2.05) is 12.2 Å². The second-order valence-corrected chi connectivity index (χ2v) is 19.8. The number of Topliss-reactive ketones (excluding diaryl/α,β-unsaturated/α-hetero) is 1. The number of aromatic nitrogens is 10. The van der Waals surface area contributed by atoms with Crippen LogP contribution in [0.5, 0.6) is 0 Å². The molecule has 67 heavy (non-hydrogen) atoms. The second kappa shape index (κ2) is 18.0. The fourth-order valence-electron chi connectivity index (χ4n) is 9.46. The van der Waals surface area contributed by atoms with Crippen LogP contribution < -0.4 is 0 Å². The molecule has 0 bridgehead atoms. The maximum Gasteiger partial charge on any atom is 0.409 e. The smallest absolute Gasteiger partial charge is 0.302 e. The van der Waals surface area contributed by atoms with E-state index in [0.717, 1.165) is 64.2 Å². The van der Waals surface area contributed by atoms with Gasteiger partial charge in [-0.3, -0.25) is 4.79 Å². The third-order valence-corrected chi connectivity index (χ3v) is 14.9. The van der Waals surface area contributed by atoms with E-state index in [9.17, 15) is 44.7 Å². The van der Waals surface area contributed by atoms with Crippen molar-refractivity contribution in [1.29, 1.82) is 0 Å². The minimum absolute atomic E-state index is 0.0192. The molecule has 10 rings (SSSR count). The Morgan fingerprint density at radius 2 is 1.13 bits per heavy atom. The molecular formula is C45H40F8N10O2S2. The van der Waals surface area contributed by atoms with Crippen molar-refractivity contribution in [3.63, 3.8) is 0 Å². The summed E-state index contributed by atoms with van der Waals surface area (Å²) in [4.78, 5) is 26.6. The van der Waals surface area contributed by atoms with Crippen LogP contribution in [0.1, 0.15) is 68.0 Å². The Bertz CT molecular complexity index is 2870. The summed E-state index contributed by atoms with van der Waals surface area (Å²) >= 11 is 2.73. The zero-order chi connectivity index (χ0) is 47.3. The SMILES string of the molecule is CC(=O)[C@]12Cc3cnn(-c4ccc(F)cc4)c3C=C1CC[C@H](Sc1cnn(CC(F)(F)F)n1)C2.O=C[C@]12Cc3cnn(-c4ccc(F)cc4)c3C=C1CC[C@H](Sc1cnn(CC(F)(F)F)n1)C2. The molecule has 22 heteroatoms. The van der Waals surface area contributed by atoms with Crippen molar-refractivity contribution in [3.05, 3.63) is 119 Å². The first-order valence-corrected chi connectivity index (χ1v) is 23.0. The van der Waals surface area contributed by atoms with E-state index in [2.05, 4.69) is 30.6 Å². The molecule has 0 spiro atoms. The predicted molar refractivity (Wildman–Crippen MR) is 231 cm³/mol. The Hall–Kier alpha value is -5.90. The lowest BCUT2D eigenvalue weighted by molar-refractivity contribution is -0.146. The molecule has 4 heterocycles. The zero-order valence-electron chi connectivity index (χ0n) is 35.5. The van der Waals surface area contributed by atoms with Gasteiger partial charge >= 0.3 is 12.4 Å². The van der Waals surface area contributed by atoms with E-state index in [0.29, 0.717) is 58.2 Å². The molecule has 2 fully saturated rings. The van der Waals surface area contributed by atoms with Gasteiger partial charge in [0.05, 0.1) is 58.4 Å². The van der Waals surface area contributed by atoms with Crippen LogP contribution in [0.3, 0.4) is 0 Å². The maximum absolute atomic E-state index is 13.4. The molecule has 4 aromatic heterocycles. The average molecular weight is 969 g/mol. The number of halogens is 8. The summed E-state index contributed by atoms with van der Waals surface area (Å²) in [6.45, 7) is -0.872. The number of alkyl halides is 6. The Kier molecular flexibility index (Phi) is 12.4. The van der Waals surface area contributed by atoms with Gasteiger partial charge in [0.2, 0.25) is 0 Å². The zero-order valence-corrected chi connectivity index (χ0v) is 37.1. The fourth-order valence-corrected chi connectivity index (χ4v) is 11.9. The van der Waals surface area contributed by atoms with Gasteiger partial charge in [-0.15, -0.1) is 10.2 Å². The van der Waals surface area contributed by atoms with Crippen molar-refractivity contribution >= 4 is 47.7 Å². The molecule has 2 aromatic carbocycles. The summed E-state index contributed by atoms with van der Waals surface area (Å²) in [6.07, 6.45) is 7.41. The maximum atomic E-state index is 13.4. The molecule has 4 atom stereocenters. The lowest BCUT2D eigenvalue weighted by Gasteiger charge is -2.43. The molecule has 350 valence electrons. The molecule has 12 nitrogen and oxygen atoms in total. The minimum Gasteiger partial charge on any atom is -0.302 e. The first kappa shape index (κ1) is 46.2. The van der Waals surface area contributed by atoms with E-state index in [4.69, 9.17) is 0 Å². The van der Waals surface area contributed by atoms with E-state index < -0.39 is 36.3 Å². The molecule has 0 aliphatic heterocycles. The van der Waals surface area contributed by atoms with Crippen LogP contribution in [-0.2, 0) is 35.5 Å². The first-order valence-electron chi connectivity index (χ1n) is 21.2. The van der Waals surface area contributed by atoms with Crippen LogP contribution in [0, 0.1) is 22.5 Å². The first-order chi connectivity index (χ1) is 31.9. The van der Waals surface area contributed by atoms with Crippen molar-refractivity contribution < 1.29 is 44.7 Å². The van der Waals surface area contributed by atoms with Gasteiger partial charge in [-0.1, -0.05) is 34.7 Å². The van der Waals surface area contributed by atoms with Crippen molar-refractivity contribution in [1.82, 2.24) is 49.5 Å². The lowest BCUT2D eigenvalue weighted by Crippen LogP contribution is -2.41. The number of fused-ring (bicyclic) bond motifs is 4. The fraction of sp³-hybridized carbons (Fsp3) is 0.378. The van der Waals surface area contributed by atoms with Gasteiger partial charge in [-0.25, -0.2) is 18.1 Å². The molecule has 6 aromatic rings. The number of rotatable bonds is 10. The molecule has 0 radical (unpaired) electrons. The van der Waals surface area contributed by atoms with Crippen molar-refractivity contribution in [2.45, 2.75) is 104 Å². The molecule has 4 aliphatic carbocycles. The van der Waals surface area contributed by atoms with Gasteiger partial charge in [-0.05, 0) is 130 Å². The van der Waals surface area contributed by atoms with E-state index in [1.165, 1.54) is 60.2 Å². The number of hydrogen-bond acceptors (Lipinski definition) is 10. The summed E-state index contributed by atoms with van der Waals surface area (Å²) in [7, 11) is 0. The molecule has 0 amide bonds. The number of carbonyl (C=O) groups excluding carboxylic acids is 2. The summed E-state index contributed by atoms with van der Waals surface area (Å²) < 4.78 is 106. The largest absolute Gasteiger partial charge is 0.409 e. The molecule has 4 aliphatic rings. The number of benzene rings is 2. The van der Waals surface area contributed by atoms with E-state index in [1.54, 1.807) is 52.9 Å². The van der Waals surface area contributed by atoms with Gasteiger partial charge < -0.3 is 4.79 Å². The minimum atomic E-state index is -4.39. The summed E-state index contributed by atoms with van der Waals surface area (Å²) in [6, 6.07) is 12.1. The van der Waals surface area contributed by atoms with Crippen molar-refractivity contribution in [2.24, 2.45) is 10.8 Å². The van der Waals surface area contributed by atoms with Crippen LogP contribution in [0.4, 0.5) is 35.1 Å². The number of aldehydes is 1. The summed E-state index contributed by atoms with van der Waals surface area (Å²) in [5.74, 6) is -0.592. The van der Waals surface area contributed by atoms with Crippen molar-refractivity contribution in [2.75, 3.05) is 0 Å². The second-order valence-electron chi connectivity index (χ2n) is 17.1. The Balaban J connectivity index is 0.000000168. The summed E-state index contributed by atoms with van der Waals surface area (Å²) in [5.41, 5.74) is 5.81. The van der Waals surface area contributed by atoms with Gasteiger partial charge in [0.1, 0.15) is 33.8 Å². The Morgan fingerprint density at radius 3 is 1.61 bits per heavy atom. The van der Waals surface area contributed by atoms with Crippen LogP contribution >= 0.6 is 23.5 Å². The van der Waals surface area contributed by atoms with Gasteiger partial charge in [0, 0.05) is 10.5 Å². The third-order valence-electron chi connectivity index (χ3n) is 12.6. The number of ketones is 1. The van der Waals surface area contributed by atoms with Gasteiger partial charge in [0.25, 0.3) is 0 Å². The number of allylic oxidation sites excluding steroid dienone is 2. The quantitative estimate of drug-likeness (QED) is 0.0967. The van der Waals surface area contributed by atoms with Crippen LogP contribution in [-0.4, -0.2) is 84.5 Å². The monoisotopic (exact) mass is 968 g/mol. The van der Waals surface area contributed by atoms with Crippen LogP contribution in [0.2, 0.25) is 0 Å². The van der Waals surface area contributed by atoms with Crippen LogP contribution in [0.15, 0.2) is 94.5 Å². The average Bonchev–Trinajstić information content (AvgIpc) is 4.09. The highest BCUT2D eigenvalue weighted by molar-refractivity contribution is 8.00. The van der Waals surface area contributed by atoms with E-state index in [-0.39, 0.29) is 27.9 Å². The molecule has 0 unspecified atom stereocenters. The number of thioether (sulfide) groups is 2. The lowest BCUT2D eigenvalue weighted by atomic mass is 9.62. The van der Waals surface area contributed by atoms with Crippen molar-refractivity contribution in [3.8, 4) is 11.4 Å². The standard InChI is InChI=1S/C23H21F4N5OS.C22H19F4N5OS/c1-14(33)22-9-15-11-29-32(18-5-3-17(24)4-6-18)20(15)8-16(22)2-7-19(10-22)34-21-12-28-31(30-21)13-23(25,26)27;23-16-2-4-17(5-3-16)31-19-7-15-1-6-18(9-21(15,13-32)8-14(19)10-28-31)33-20-11-27-30(29-20)12-22(24,25)26/h3-6,8,11-12,19H,2,7,9-10,13H2,1H3;2-5,7,10-11,13,18H,1,6,8-9,12H2/t19-,22+;18-,21+/m00/s1. The normalized spacial score (nSPS) is 22.3. The topological polar surface area (TPSA) is 131 Å². The predicted octanol–water partition coefficient (Wildman–Crippen LogP) is 9.66. The van der Waals surface area contributed by atoms with Gasteiger partial charge in [-0.2, -0.15) is 56.3 Å². The highest BCUT2D eigenvalue weighted by Gasteiger charge is 2.48. The number of hydrogen-bond donors (Lipinski definition) is 0.